The van der Waals surface area contributed by atoms with Gasteiger partial charge in [0.1, 0.15) is 0 Å². The van der Waals surface area contributed by atoms with Crippen molar-refractivity contribution in [2.75, 3.05) is 0 Å². The zero-order valence-corrected chi connectivity index (χ0v) is 29.5. The lowest BCUT2D eigenvalue weighted by atomic mass is 9.91. The number of quaternary nitrogens is 1. The first-order valence-electron chi connectivity index (χ1n) is 18.5. The standard InChI is InChI=1S/C50H34N4/c1-4-14-34(15-5-1)44-32-46(42-24-12-21-33-16-10-11-22-40(33)42)51-45-31-30-41-39(23-13-25-43(41)47(44)45)35-26-28-38(29-27-35)50-53-48(36-17-6-2-7-18-36)52-49(54-50)37-19-8-3-9-20-37/h1-32,50H,(H,52,53,54)/p+2. The maximum absolute atomic E-state index is 5.33. The molecule has 0 radical (unpaired) electrons. The second-order valence-corrected chi connectivity index (χ2v) is 13.8. The number of rotatable bonds is 6. The van der Waals surface area contributed by atoms with Gasteiger partial charge in [0.15, 0.2) is 0 Å². The van der Waals surface area contributed by atoms with E-state index in [1.165, 1.54) is 54.7 Å². The largest absolute Gasteiger partial charge is 0.343 e. The summed E-state index contributed by atoms with van der Waals surface area (Å²) in [6, 6.07) is 68.9. The van der Waals surface area contributed by atoms with Crippen LogP contribution in [0.25, 0.3) is 66.0 Å². The summed E-state index contributed by atoms with van der Waals surface area (Å²) in [6.07, 6.45) is -0.0335. The Kier molecular flexibility index (Phi) is 7.94. The van der Waals surface area contributed by atoms with Crippen molar-refractivity contribution in [2.45, 2.75) is 6.17 Å². The van der Waals surface area contributed by atoms with E-state index in [4.69, 9.17) is 9.98 Å². The molecule has 0 spiro atoms. The Bertz CT molecular complexity index is 2870. The monoisotopic (exact) mass is 692 g/mol. The summed E-state index contributed by atoms with van der Waals surface area (Å²) in [7, 11) is 0. The number of fused-ring (bicyclic) bond motifs is 4. The van der Waals surface area contributed by atoms with E-state index < -0.39 is 0 Å². The van der Waals surface area contributed by atoms with Gasteiger partial charge >= 0.3 is 11.7 Å². The average molecular weight is 693 g/mol. The fraction of sp³-hybridized carbons (Fsp3) is 0.0200. The molecule has 3 N–H and O–H groups in total. The molecule has 0 saturated carbocycles. The van der Waals surface area contributed by atoms with Gasteiger partial charge in [0.05, 0.1) is 27.9 Å². The first-order chi connectivity index (χ1) is 26.8. The highest BCUT2D eigenvalue weighted by Crippen LogP contribution is 2.40. The van der Waals surface area contributed by atoms with Crippen LogP contribution in [-0.2, 0) is 0 Å². The van der Waals surface area contributed by atoms with Gasteiger partial charge in [-0.05, 0) is 92.3 Å². The zero-order chi connectivity index (χ0) is 35.8. The Hall–Kier alpha value is -7.01. The van der Waals surface area contributed by atoms with Crippen LogP contribution in [0.2, 0.25) is 0 Å². The van der Waals surface area contributed by atoms with Gasteiger partial charge in [0.2, 0.25) is 0 Å². The number of nitrogens with one attached hydrogen (secondary N) is 1. The number of hydrogen-bond donors (Lipinski definition) is 2. The van der Waals surface area contributed by atoms with E-state index in [2.05, 4.69) is 192 Å². The molecule has 8 aromatic carbocycles. The Morgan fingerprint density at radius 1 is 0.444 bits per heavy atom. The molecule has 1 atom stereocenters. The van der Waals surface area contributed by atoms with E-state index >= 15 is 0 Å². The van der Waals surface area contributed by atoms with Gasteiger partial charge in [-0.1, -0.05) is 146 Å². The van der Waals surface area contributed by atoms with Gasteiger partial charge in [-0.15, -0.1) is 0 Å². The quantitative estimate of drug-likeness (QED) is 0.168. The molecule has 1 unspecified atom stereocenters. The molecule has 0 bridgehead atoms. The molecule has 1 aliphatic rings. The minimum atomic E-state index is -0.0335. The molecule has 9 aromatic rings. The van der Waals surface area contributed by atoms with E-state index in [1.807, 2.05) is 12.1 Å². The summed E-state index contributed by atoms with van der Waals surface area (Å²) < 4.78 is 0. The fourth-order valence-electron chi connectivity index (χ4n) is 7.88. The molecular weight excluding hydrogens is 657 g/mol. The van der Waals surface area contributed by atoms with E-state index in [1.54, 1.807) is 0 Å². The summed E-state index contributed by atoms with van der Waals surface area (Å²) in [4.78, 5) is 14.1. The second kappa shape index (κ2) is 13.5. The van der Waals surface area contributed by atoms with Crippen molar-refractivity contribution < 1.29 is 10.3 Å². The topological polar surface area (TPSA) is 55.8 Å². The van der Waals surface area contributed by atoms with Gasteiger partial charge in [-0.2, -0.15) is 0 Å². The lowest BCUT2D eigenvalue weighted by Gasteiger charge is -2.16. The van der Waals surface area contributed by atoms with Gasteiger partial charge in [0, 0.05) is 15.9 Å². The molecule has 254 valence electrons. The average Bonchev–Trinajstić information content (AvgIpc) is 3.26. The van der Waals surface area contributed by atoms with Crippen LogP contribution in [0.1, 0.15) is 22.9 Å². The first-order valence-corrected chi connectivity index (χ1v) is 18.5. The van der Waals surface area contributed by atoms with E-state index in [9.17, 15) is 0 Å². The molecule has 4 heteroatoms. The third-order valence-corrected chi connectivity index (χ3v) is 10.5. The molecule has 0 saturated heterocycles. The number of aliphatic imine (C=N–C) groups is 1. The first kappa shape index (κ1) is 31.7. The number of aromatic nitrogens is 1. The van der Waals surface area contributed by atoms with Crippen molar-refractivity contribution in [3.8, 4) is 33.5 Å². The predicted octanol–water partition coefficient (Wildman–Crippen LogP) is 9.09. The van der Waals surface area contributed by atoms with Crippen molar-refractivity contribution in [1.82, 2.24) is 4.98 Å². The van der Waals surface area contributed by atoms with Crippen LogP contribution in [0, 0.1) is 0 Å². The molecule has 2 heterocycles. The number of nitrogens with zero attached hydrogens (tertiary/aromatic N) is 2. The number of benzene rings is 8. The van der Waals surface area contributed by atoms with Crippen LogP contribution in [0.15, 0.2) is 199 Å². The maximum atomic E-state index is 5.33. The lowest BCUT2D eigenvalue weighted by molar-refractivity contribution is -0.789. The van der Waals surface area contributed by atoms with Gasteiger partial charge < -0.3 is 0 Å². The van der Waals surface area contributed by atoms with Gasteiger partial charge in [-0.3, -0.25) is 0 Å². The van der Waals surface area contributed by atoms with Crippen molar-refractivity contribution in [2.24, 2.45) is 4.99 Å². The summed E-state index contributed by atoms with van der Waals surface area (Å²) in [6.45, 7) is 0. The van der Waals surface area contributed by atoms with Crippen LogP contribution in [-0.4, -0.2) is 16.7 Å². The molecule has 0 aliphatic carbocycles. The predicted molar refractivity (Wildman–Crippen MR) is 222 cm³/mol. The smallest absolute Gasteiger partial charge is 0.248 e. The number of nitrogens with two attached hydrogens (primary N) is 1. The molecule has 0 fully saturated rings. The fourth-order valence-corrected chi connectivity index (χ4v) is 7.88. The Morgan fingerprint density at radius 3 is 1.83 bits per heavy atom. The minimum Gasteiger partial charge on any atom is -0.248 e. The molecule has 10 rings (SSSR count). The lowest BCUT2D eigenvalue weighted by Crippen LogP contribution is -3.05. The van der Waals surface area contributed by atoms with Crippen molar-refractivity contribution in [3.63, 3.8) is 0 Å². The highest BCUT2D eigenvalue weighted by atomic mass is 15.2. The maximum Gasteiger partial charge on any atom is 0.343 e. The molecule has 0 amide bonds. The Labute approximate surface area is 313 Å². The Balaban J connectivity index is 1.07. The van der Waals surface area contributed by atoms with Crippen LogP contribution in [0.5, 0.6) is 0 Å². The number of hydrogen-bond acceptors (Lipinski definition) is 2. The summed E-state index contributed by atoms with van der Waals surface area (Å²) in [5, 5.41) is 8.21. The van der Waals surface area contributed by atoms with Gasteiger partial charge in [0.25, 0.3) is 6.17 Å². The van der Waals surface area contributed by atoms with E-state index in [0.29, 0.717) is 0 Å². The third kappa shape index (κ3) is 5.76. The normalized spacial score (nSPS) is 14.3. The van der Waals surface area contributed by atoms with Crippen LogP contribution in [0.4, 0.5) is 0 Å². The highest BCUT2D eigenvalue weighted by Gasteiger charge is 2.32. The van der Waals surface area contributed by atoms with E-state index in [-0.39, 0.29) is 6.17 Å². The van der Waals surface area contributed by atoms with E-state index in [0.717, 1.165) is 39.6 Å². The number of pyridine rings is 1. The second-order valence-electron chi connectivity index (χ2n) is 13.8. The molecule has 4 nitrogen and oxygen atoms in total. The zero-order valence-electron chi connectivity index (χ0n) is 29.5. The van der Waals surface area contributed by atoms with Crippen LogP contribution >= 0.6 is 0 Å². The summed E-state index contributed by atoms with van der Waals surface area (Å²) in [5.74, 6) is 1.84. The number of amidine groups is 2. The third-order valence-electron chi connectivity index (χ3n) is 10.5. The van der Waals surface area contributed by atoms with Crippen molar-refractivity contribution >= 4 is 44.1 Å². The summed E-state index contributed by atoms with van der Waals surface area (Å²) in [5.41, 5.74) is 11.2. The molecule has 54 heavy (non-hydrogen) atoms. The van der Waals surface area contributed by atoms with Crippen molar-refractivity contribution in [1.29, 1.82) is 0 Å². The molecule has 1 aromatic heterocycles. The Morgan fingerprint density at radius 2 is 1.06 bits per heavy atom. The molecule has 1 aliphatic heterocycles. The van der Waals surface area contributed by atoms with Crippen LogP contribution < -0.4 is 10.3 Å². The SMILES string of the molecule is c1ccc(C2=NC(c3ccccc3)=[NH+]C(c3ccc(-c4cccc5c4ccc4nc(-c6cccc7ccccc67)cc(-c6ccccc6)c45)cc3)[NH2+]2)cc1. The van der Waals surface area contributed by atoms with Gasteiger partial charge in [-0.25, -0.2) is 15.3 Å². The minimum absolute atomic E-state index is 0.0335. The van der Waals surface area contributed by atoms with Crippen LogP contribution in [0.3, 0.4) is 0 Å². The van der Waals surface area contributed by atoms with Crippen molar-refractivity contribution in [3.05, 3.63) is 211 Å². The summed E-state index contributed by atoms with van der Waals surface area (Å²) >= 11 is 0. The molecular formula is C50H36N4+2. The highest BCUT2D eigenvalue weighted by molar-refractivity contribution is 6.17.